The molecule has 10 aromatic carbocycles. The molecule has 13 rings (SSSR count). The lowest BCUT2D eigenvalue weighted by Gasteiger charge is -2.31. The maximum Gasteiger partial charge on any atom is 0.0210 e. The molecular formula is C71H62. The Bertz CT molecular complexity index is 3540. The Hall–Kier alpha value is -7.28. The van der Waals surface area contributed by atoms with Gasteiger partial charge in [0.05, 0.1) is 0 Å². The van der Waals surface area contributed by atoms with Crippen molar-refractivity contribution in [2.24, 2.45) is 0 Å². The van der Waals surface area contributed by atoms with E-state index < -0.39 is 0 Å². The monoisotopic (exact) mass is 914 g/mol. The van der Waals surface area contributed by atoms with Crippen LogP contribution >= 0.6 is 0 Å². The van der Waals surface area contributed by atoms with E-state index in [1.807, 2.05) is 0 Å². The van der Waals surface area contributed by atoms with E-state index in [9.17, 15) is 0 Å². The number of fused-ring (bicyclic) bond motifs is 11. The summed E-state index contributed by atoms with van der Waals surface area (Å²) in [4.78, 5) is 0. The molecule has 0 N–H and O–H groups in total. The zero-order valence-electron chi connectivity index (χ0n) is 42.2. The molecule has 0 heterocycles. The second-order valence-electron chi connectivity index (χ2n) is 21.1. The van der Waals surface area contributed by atoms with Crippen molar-refractivity contribution in [3.8, 4) is 77.9 Å². The topological polar surface area (TPSA) is 0 Å². The van der Waals surface area contributed by atoms with E-state index in [-0.39, 0.29) is 16.2 Å². The average Bonchev–Trinajstić information content (AvgIpc) is 4.00. The van der Waals surface area contributed by atoms with Crippen LogP contribution in [0.15, 0.2) is 194 Å². The highest BCUT2D eigenvalue weighted by molar-refractivity contribution is 5.93. The first-order chi connectivity index (χ1) is 34.8. The van der Waals surface area contributed by atoms with Crippen molar-refractivity contribution in [3.05, 3.63) is 228 Å². The van der Waals surface area contributed by atoms with E-state index in [0.29, 0.717) is 0 Å². The fourth-order valence-corrected chi connectivity index (χ4v) is 14.3. The molecule has 10 aromatic rings. The van der Waals surface area contributed by atoms with Gasteiger partial charge in [-0.2, -0.15) is 0 Å². The van der Waals surface area contributed by atoms with Crippen LogP contribution in [0.3, 0.4) is 0 Å². The van der Waals surface area contributed by atoms with E-state index in [4.69, 9.17) is 0 Å². The fraction of sp³-hybridized carbons (Fsp3) is 0.211. The molecular weight excluding hydrogens is 853 g/mol. The summed E-state index contributed by atoms with van der Waals surface area (Å²) in [7, 11) is 0. The molecule has 0 saturated heterocycles. The van der Waals surface area contributed by atoms with E-state index in [2.05, 4.69) is 236 Å². The van der Waals surface area contributed by atoms with E-state index in [0.717, 1.165) is 38.5 Å². The zero-order valence-corrected chi connectivity index (χ0v) is 42.2. The highest BCUT2D eigenvalue weighted by Gasteiger charge is 2.44. The van der Waals surface area contributed by atoms with Gasteiger partial charge in [-0.3, -0.25) is 0 Å². The zero-order chi connectivity index (χ0) is 48.2. The van der Waals surface area contributed by atoms with Crippen LogP contribution in [0.2, 0.25) is 0 Å². The van der Waals surface area contributed by atoms with Gasteiger partial charge in [-0.15, -0.1) is 0 Å². The van der Waals surface area contributed by atoms with Gasteiger partial charge in [-0.25, -0.2) is 0 Å². The van der Waals surface area contributed by atoms with E-state index in [1.165, 1.54) is 133 Å². The van der Waals surface area contributed by atoms with E-state index in [1.54, 1.807) is 0 Å². The molecule has 0 heteroatoms. The van der Waals surface area contributed by atoms with Crippen LogP contribution in [0.25, 0.3) is 99.4 Å². The summed E-state index contributed by atoms with van der Waals surface area (Å²) in [6.07, 6.45) is 6.36. The lowest BCUT2D eigenvalue weighted by atomic mass is 9.72. The predicted molar refractivity (Wildman–Crippen MR) is 304 cm³/mol. The molecule has 346 valence electrons. The largest absolute Gasteiger partial charge is 0.0642 e. The molecule has 3 aliphatic rings. The normalized spacial score (nSPS) is 15.0. The highest BCUT2D eigenvalue weighted by Crippen LogP contribution is 2.58. The van der Waals surface area contributed by atoms with Crippen molar-refractivity contribution >= 4 is 21.5 Å². The van der Waals surface area contributed by atoms with Gasteiger partial charge in [0, 0.05) is 16.2 Å². The van der Waals surface area contributed by atoms with Crippen LogP contribution in [0.5, 0.6) is 0 Å². The minimum Gasteiger partial charge on any atom is -0.0642 e. The van der Waals surface area contributed by atoms with Gasteiger partial charge in [-0.1, -0.05) is 187 Å². The maximum atomic E-state index is 2.57. The molecule has 0 radical (unpaired) electrons. The third kappa shape index (κ3) is 6.23. The van der Waals surface area contributed by atoms with Crippen LogP contribution in [0, 0.1) is 0 Å². The Balaban J connectivity index is 0.845. The molecule has 71 heavy (non-hydrogen) atoms. The third-order valence-electron chi connectivity index (χ3n) is 18.5. The fourth-order valence-electron chi connectivity index (χ4n) is 14.3. The Morgan fingerprint density at radius 1 is 0.211 bits per heavy atom. The molecule has 0 aliphatic heterocycles. The van der Waals surface area contributed by atoms with Gasteiger partial charge in [0.2, 0.25) is 0 Å². The van der Waals surface area contributed by atoms with Crippen LogP contribution in [-0.4, -0.2) is 0 Å². The summed E-state index contributed by atoms with van der Waals surface area (Å²) in [5, 5.41) is 5.15. The first kappa shape index (κ1) is 43.7. The summed E-state index contributed by atoms with van der Waals surface area (Å²) >= 11 is 0. The Morgan fingerprint density at radius 2 is 0.408 bits per heavy atom. The van der Waals surface area contributed by atoms with Gasteiger partial charge in [0.25, 0.3) is 0 Å². The van der Waals surface area contributed by atoms with Gasteiger partial charge >= 0.3 is 0 Å². The molecule has 3 aliphatic carbocycles. The molecule has 0 spiro atoms. The van der Waals surface area contributed by atoms with Crippen molar-refractivity contribution in [2.75, 3.05) is 0 Å². The number of benzene rings is 10. The number of hydrogen-bond acceptors (Lipinski definition) is 0. The summed E-state index contributed by atoms with van der Waals surface area (Å²) in [5.74, 6) is 0. The third-order valence-corrected chi connectivity index (χ3v) is 18.5. The minimum absolute atomic E-state index is 0.0391. The molecule has 0 atom stereocenters. The van der Waals surface area contributed by atoms with Crippen molar-refractivity contribution < 1.29 is 0 Å². The Kier molecular flexibility index (Phi) is 10.1. The van der Waals surface area contributed by atoms with Crippen molar-refractivity contribution in [3.63, 3.8) is 0 Å². The minimum atomic E-state index is -0.0673. The Labute approximate surface area is 421 Å². The lowest BCUT2D eigenvalue weighted by Crippen LogP contribution is -2.23. The number of rotatable bonds is 10. The Morgan fingerprint density at radius 3 is 0.634 bits per heavy atom. The van der Waals surface area contributed by atoms with Crippen LogP contribution in [0.1, 0.15) is 113 Å². The second kappa shape index (κ2) is 16.4. The first-order valence-corrected chi connectivity index (χ1v) is 26.7. The van der Waals surface area contributed by atoms with Gasteiger partial charge in [0.15, 0.2) is 0 Å². The predicted octanol–water partition coefficient (Wildman–Crippen LogP) is 19.9. The quantitative estimate of drug-likeness (QED) is 0.128. The molecule has 0 bridgehead atoms. The van der Waals surface area contributed by atoms with Crippen LogP contribution in [-0.2, 0) is 16.2 Å². The van der Waals surface area contributed by atoms with Gasteiger partial charge in [0.1, 0.15) is 0 Å². The maximum absolute atomic E-state index is 2.57. The highest BCUT2D eigenvalue weighted by atomic mass is 14.5. The van der Waals surface area contributed by atoms with Crippen molar-refractivity contribution in [1.82, 2.24) is 0 Å². The first-order valence-electron chi connectivity index (χ1n) is 26.7. The summed E-state index contributed by atoms with van der Waals surface area (Å²) < 4.78 is 0. The van der Waals surface area contributed by atoms with Crippen molar-refractivity contribution in [2.45, 2.75) is 96.3 Å². The molecule has 0 saturated carbocycles. The number of hydrogen-bond donors (Lipinski definition) is 0. The van der Waals surface area contributed by atoms with Gasteiger partial charge in [-0.05, 0) is 220 Å². The van der Waals surface area contributed by atoms with E-state index >= 15 is 0 Å². The molecule has 0 nitrogen and oxygen atoms in total. The van der Waals surface area contributed by atoms with Gasteiger partial charge < -0.3 is 0 Å². The van der Waals surface area contributed by atoms with Crippen LogP contribution in [0.4, 0.5) is 0 Å². The SMILES string of the molecule is CCC1(CC)c2cc(-c3ccc4c(c3)C(CC)(CC)c3cc(-c5ccc6ccccc6c5)ccc3-4)ccc2-c2ccc(-c3ccc4c(c3)C(CC)(CC)c3cc(-c5ccc6ccccc6c5)ccc3-4)cc21. The summed E-state index contributed by atoms with van der Waals surface area (Å²) in [5.41, 5.74) is 27.5. The second-order valence-corrected chi connectivity index (χ2v) is 21.1. The standard InChI is InChI=1S/C71H62/c1-7-69(8-2)63-39-51(49-23-21-45-17-13-15-19-47(45)37-49)25-31-57(63)59-33-27-53(41-65(59)69)55-29-35-61-62-36-30-56(44-68(62)71(11-5,12-6)67(61)43-55)54-28-34-60-58-32-26-52(40-64(58)70(9-3,10-4)66(60)42-54)50-24-22-46-18-14-16-20-48(46)38-50/h13-44H,7-12H2,1-6H3. The molecule has 0 amide bonds. The van der Waals surface area contributed by atoms with Crippen LogP contribution < -0.4 is 0 Å². The summed E-state index contributed by atoms with van der Waals surface area (Å²) in [6.45, 7) is 14.4. The van der Waals surface area contributed by atoms with Crippen molar-refractivity contribution in [1.29, 1.82) is 0 Å². The average molecular weight is 915 g/mol. The molecule has 0 fully saturated rings. The molecule has 0 unspecified atom stereocenters. The summed E-state index contributed by atoms with van der Waals surface area (Å²) in [6, 6.07) is 75.3. The smallest absolute Gasteiger partial charge is 0.0210 e. The molecule has 0 aromatic heterocycles. The lowest BCUT2D eigenvalue weighted by molar-refractivity contribution is 0.490.